The first-order valence-electron chi connectivity index (χ1n) is 11.9. The van der Waals surface area contributed by atoms with E-state index in [2.05, 4.69) is 4.72 Å². The molecule has 0 amide bonds. The number of benzene rings is 4. The summed E-state index contributed by atoms with van der Waals surface area (Å²) < 4.78 is 36.0. The van der Waals surface area contributed by atoms with Crippen LogP contribution in [-0.2, 0) is 21.8 Å². The van der Waals surface area contributed by atoms with Gasteiger partial charge in [-0.25, -0.2) is 13.1 Å². The molecule has 7 heteroatoms. The van der Waals surface area contributed by atoms with Gasteiger partial charge in [-0.3, -0.25) is 0 Å². The summed E-state index contributed by atoms with van der Waals surface area (Å²) in [4.78, 5) is 2.22. The molecule has 4 aromatic rings. The Morgan fingerprint density at radius 1 is 0.757 bits per heavy atom. The second kappa shape index (κ2) is 12.7. The molecule has 0 bridgehead atoms. The van der Waals surface area contributed by atoms with Crippen LogP contribution in [0, 0.1) is 13.8 Å². The van der Waals surface area contributed by atoms with Crippen molar-refractivity contribution in [3.63, 3.8) is 0 Å². The van der Waals surface area contributed by atoms with E-state index in [9.17, 15) is 8.42 Å². The van der Waals surface area contributed by atoms with Crippen molar-refractivity contribution in [3.8, 4) is 5.75 Å². The third-order valence-electron chi connectivity index (χ3n) is 6.16. The van der Waals surface area contributed by atoms with Crippen LogP contribution in [0.3, 0.4) is 0 Å². The minimum atomic E-state index is -1.45. The molecule has 0 saturated carbocycles. The van der Waals surface area contributed by atoms with Gasteiger partial charge in [0.1, 0.15) is 16.7 Å². The molecule has 192 valence electrons. The van der Waals surface area contributed by atoms with Gasteiger partial charge >= 0.3 is 0 Å². The third kappa shape index (κ3) is 6.60. The highest BCUT2D eigenvalue weighted by Crippen LogP contribution is 2.42. The van der Waals surface area contributed by atoms with E-state index in [1.165, 1.54) is 0 Å². The fraction of sp³-hybridized carbons (Fsp3) is 0.200. The van der Waals surface area contributed by atoms with Gasteiger partial charge in [0.15, 0.2) is 0 Å². The monoisotopic (exact) mass is 549 g/mol. The molecule has 2 unspecified atom stereocenters. The van der Waals surface area contributed by atoms with Gasteiger partial charge in [-0.2, -0.15) is 11.8 Å². The minimum absolute atomic E-state index is 0.159. The lowest BCUT2D eigenvalue weighted by Gasteiger charge is -2.29. The van der Waals surface area contributed by atoms with Gasteiger partial charge in [0.2, 0.25) is 0 Å². The van der Waals surface area contributed by atoms with Crippen molar-refractivity contribution in [2.75, 3.05) is 13.4 Å². The van der Waals surface area contributed by atoms with Crippen LogP contribution in [0.25, 0.3) is 0 Å². The first-order valence-corrected chi connectivity index (χ1v) is 15.5. The summed E-state index contributed by atoms with van der Waals surface area (Å²) in [6.45, 7) is 4.03. The molecule has 4 atom stereocenters. The average molecular weight is 550 g/mol. The van der Waals surface area contributed by atoms with Gasteiger partial charge in [-0.15, -0.1) is 0 Å². The highest BCUT2D eigenvalue weighted by atomic mass is 32.2. The van der Waals surface area contributed by atoms with E-state index in [0.717, 1.165) is 37.8 Å². The molecule has 4 nitrogen and oxygen atoms in total. The summed E-state index contributed by atoms with van der Waals surface area (Å²) in [6, 6.07) is 30.8. The first-order chi connectivity index (χ1) is 17.9. The molecule has 0 radical (unpaired) electrons. The Bertz CT molecular complexity index is 1370. The Hall–Kier alpha value is -2.71. The molecule has 0 spiro atoms. The molecule has 37 heavy (non-hydrogen) atoms. The Morgan fingerprint density at radius 2 is 1.32 bits per heavy atom. The van der Waals surface area contributed by atoms with Crippen LogP contribution < -0.4 is 9.46 Å². The zero-order valence-corrected chi connectivity index (χ0v) is 23.8. The SMILES string of the molecule is COc1ccc([C@@H](NS(=O)c2ccc(C)cc2)[C@@H](SC)c2ccccc2S(=O)c2ccc(C)cc2)cc1. The summed E-state index contributed by atoms with van der Waals surface area (Å²) in [6.07, 6.45) is 2.03. The van der Waals surface area contributed by atoms with E-state index < -0.39 is 21.8 Å². The molecule has 4 rings (SSSR count). The molecule has 0 aromatic heterocycles. The van der Waals surface area contributed by atoms with E-state index >= 15 is 0 Å². The van der Waals surface area contributed by atoms with Crippen molar-refractivity contribution in [2.45, 2.75) is 39.8 Å². The van der Waals surface area contributed by atoms with Gasteiger partial charge in [-0.05, 0) is 73.7 Å². The smallest absolute Gasteiger partial charge is 0.125 e. The quantitative estimate of drug-likeness (QED) is 0.233. The van der Waals surface area contributed by atoms with Gasteiger partial charge < -0.3 is 4.74 Å². The summed E-state index contributed by atoms with van der Waals surface area (Å²) >= 11 is 1.64. The maximum Gasteiger partial charge on any atom is 0.125 e. The van der Waals surface area contributed by atoms with Crippen molar-refractivity contribution < 1.29 is 13.2 Å². The van der Waals surface area contributed by atoms with Crippen LogP contribution >= 0.6 is 11.8 Å². The van der Waals surface area contributed by atoms with Crippen LogP contribution in [0.5, 0.6) is 5.75 Å². The highest BCUT2D eigenvalue weighted by Gasteiger charge is 2.29. The Balaban J connectivity index is 1.76. The lowest BCUT2D eigenvalue weighted by molar-refractivity contribution is 0.414. The lowest BCUT2D eigenvalue weighted by Crippen LogP contribution is -2.28. The summed E-state index contributed by atoms with van der Waals surface area (Å²) in [5.41, 5.74) is 4.15. The molecule has 0 aliphatic heterocycles. The van der Waals surface area contributed by atoms with E-state index in [1.807, 2.05) is 117 Å². The van der Waals surface area contributed by atoms with Crippen molar-refractivity contribution in [2.24, 2.45) is 0 Å². The van der Waals surface area contributed by atoms with Gasteiger partial charge in [0, 0.05) is 9.79 Å². The van der Waals surface area contributed by atoms with Crippen molar-refractivity contribution in [1.29, 1.82) is 0 Å². The molecule has 0 heterocycles. The van der Waals surface area contributed by atoms with Crippen molar-refractivity contribution in [3.05, 3.63) is 119 Å². The highest BCUT2D eigenvalue weighted by molar-refractivity contribution is 7.99. The molecule has 1 N–H and O–H groups in total. The first kappa shape index (κ1) is 27.3. The number of hydrogen-bond donors (Lipinski definition) is 1. The predicted octanol–water partition coefficient (Wildman–Crippen LogP) is 6.94. The molecule has 4 aromatic carbocycles. The number of hydrogen-bond acceptors (Lipinski definition) is 4. The molecule has 0 aliphatic carbocycles. The van der Waals surface area contributed by atoms with Crippen LogP contribution in [0.4, 0.5) is 0 Å². The van der Waals surface area contributed by atoms with E-state index in [4.69, 9.17) is 4.74 Å². The van der Waals surface area contributed by atoms with Crippen molar-refractivity contribution >= 4 is 33.5 Å². The maximum atomic E-state index is 13.7. The number of methoxy groups -OCH3 is 1. The fourth-order valence-electron chi connectivity index (χ4n) is 4.08. The van der Waals surface area contributed by atoms with Gasteiger partial charge in [0.05, 0.1) is 34.1 Å². The fourth-order valence-corrected chi connectivity index (χ4v) is 7.47. The molecular weight excluding hydrogens is 519 g/mol. The maximum absolute atomic E-state index is 13.7. The number of ether oxygens (including phenoxy) is 1. The third-order valence-corrected chi connectivity index (χ3v) is 9.83. The second-order valence-corrected chi connectivity index (χ2v) is 12.4. The topological polar surface area (TPSA) is 55.4 Å². The van der Waals surface area contributed by atoms with Gasteiger partial charge in [-0.1, -0.05) is 65.7 Å². The van der Waals surface area contributed by atoms with Crippen molar-refractivity contribution in [1.82, 2.24) is 4.72 Å². The predicted molar refractivity (Wildman–Crippen MR) is 155 cm³/mol. The van der Waals surface area contributed by atoms with Crippen LogP contribution in [-0.4, -0.2) is 21.8 Å². The number of aryl methyl sites for hydroxylation is 2. The largest absolute Gasteiger partial charge is 0.497 e. The second-order valence-electron chi connectivity index (χ2n) is 8.73. The Kier molecular flexibility index (Phi) is 9.38. The van der Waals surface area contributed by atoms with Crippen LogP contribution in [0.1, 0.15) is 33.5 Å². The minimum Gasteiger partial charge on any atom is -0.497 e. The normalized spacial score (nSPS) is 14.5. The molecule has 0 saturated heterocycles. The van der Waals surface area contributed by atoms with Crippen LogP contribution in [0.2, 0.25) is 0 Å². The van der Waals surface area contributed by atoms with Gasteiger partial charge in [0.25, 0.3) is 0 Å². The number of rotatable bonds is 10. The standard InChI is InChI=1S/C30H31NO3S3/c1-21-9-17-25(18-10-21)36(32)28-8-6-5-7-27(28)30(35-4)29(23-13-15-24(34-3)16-14-23)31-37(33)26-19-11-22(2)12-20-26/h5-20,29-31H,1-4H3/t29-,30+,36?,37?/m1/s1. The molecular formula is C30H31NO3S3. The summed E-state index contributed by atoms with van der Waals surface area (Å²) in [7, 11) is -1.17. The van der Waals surface area contributed by atoms with E-state index in [0.29, 0.717) is 4.90 Å². The zero-order valence-electron chi connectivity index (χ0n) is 21.3. The summed E-state index contributed by atoms with van der Waals surface area (Å²) in [5, 5.41) is -0.159. The van der Waals surface area contributed by atoms with Crippen LogP contribution in [0.15, 0.2) is 112 Å². The Labute approximate surface area is 228 Å². The average Bonchev–Trinajstić information content (AvgIpc) is 2.93. The number of thioether (sulfide) groups is 1. The van der Waals surface area contributed by atoms with E-state index in [1.54, 1.807) is 18.9 Å². The lowest BCUT2D eigenvalue weighted by atomic mass is 9.99. The Morgan fingerprint density at radius 3 is 1.89 bits per heavy atom. The number of nitrogens with one attached hydrogen (secondary N) is 1. The molecule has 0 fully saturated rings. The summed E-state index contributed by atoms with van der Waals surface area (Å²) in [5.74, 6) is 0.753. The van der Waals surface area contributed by atoms with E-state index in [-0.39, 0.29) is 11.3 Å². The molecule has 0 aliphatic rings. The zero-order chi connectivity index (χ0) is 26.4.